The highest BCUT2D eigenvalue weighted by molar-refractivity contribution is 6.29. The van der Waals surface area contributed by atoms with E-state index in [1.807, 2.05) is 0 Å². The van der Waals surface area contributed by atoms with E-state index in [4.69, 9.17) is 11.6 Å². The first kappa shape index (κ1) is 12.8. The van der Waals surface area contributed by atoms with Crippen LogP contribution in [-0.2, 0) is 12.6 Å². The molecule has 0 aliphatic rings. The minimum atomic E-state index is -1.04. The van der Waals surface area contributed by atoms with Gasteiger partial charge in [-0.2, -0.15) is 5.10 Å². The summed E-state index contributed by atoms with van der Waals surface area (Å²) in [7, 11) is 1.80. The van der Waals surface area contributed by atoms with Crippen molar-refractivity contribution >= 4 is 17.4 Å². The topological polar surface area (TPSA) is 75.9 Å². The highest BCUT2D eigenvalue weighted by Crippen LogP contribution is 2.20. The van der Waals surface area contributed by atoms with Crippen molar-refractivity contribution in [3.05, 3.63) is 35.5 Å². The molecule has 6 nitrogen and oxygen atoms in total. The third kappa shape index (κ3) is 2.96. The maximum Gasteiger partial charge on any atom is 0.149 e. The lowest BCUT2D eigenvalue weighted by Gasteiger charge is -2.22. The van der Waals surface area contributed by atoms with Crippen molar-refractivity contribution in [1.29, 1.82) is 0 Å². The Morgan fingerprint density at radius 3 is 2.83 bits per heavy atom. The van der Waals surface area contributed by atoms with Gasteiger partial charge < -0.3 is 10.4 Å². The van der Waals surface area contributed by atoms with Gasteiger partial charge in [-0.25, -0.2) is 4.98 Å². The first-order chi connectivity index (χ1) is 8.47. The molecule has 0 bridgehead atoms. The van der Waals surface area contributed by atoms with Crippen molar-refractivity contribution in [2.75, 3.05) is 11.9 Å². The molecule has 0 amide bonds. The molecule has 0 aromatic carbocycles. The number of hydrogen-bond acceptors (Lipinski definition) is 5. The van der Waals surface area contributed by atoms with Crippen molar-refractivity contribution in [3.63, 3.8) is 0 Å². The van der Waals surface area contributed by atoms with Gasteiger partial charge in [0, 0.05) is 25.4 Å². The van der Waals surface area contributed by atoms with Gasteiger partial charge >= 0.3 is 0 Å². The molecule has 1 atom stereocenters. The molecule has 2 N–H and O–H groups in total. The van der Waals surface area contributed by atoms with Crippen LogP contribution in [0.4, 0.5) is 5.82 Å². The fourth-order valence-corrected chi connectivity index (χ4v) is 1.64. The number of nitrogens with zero attached hydrogens (tertiary/aromatic N) is 4. The smallest absolute Gasteiger partial charge is 0.149 e. The van der Waals surface area contributed by atoms with E-state index in [1.165, 1.54) is 6.20 Å². The Hall–Kier alpha value is -1.66. The molecule has 2 aromatic heterocycles. The van der Waals surface area contributed by atoms with Crippen LogP contribution in [0.15, 0.2) is 24.8 Å². The van der Waals surface area contributed by atoms with Gasteiger partial charge in [0.1, 0.15) is 16.6 Å². The average Bonchev–Trinajstić information content (AvgIpc) is 2.74. The van der Waals surface area contributed by atoms with E-state index in [2.05, 4.69) is 20.4 Å². The van der Waals surface area contributed by atoms with Gasteiger partial charge in [-0.3, -0.25) is 9.67 Å². The van der Waals surface area contributed by atoms with Crippen molar-refractivity contribution < 1.29 is 5.11 Å². The average molecular weight is 268 g/mol. The molecule has 18 heavy (non-hydrogen) atoms. The molecule has 2 heterocycles. The zero-order valence-corrected chi connectivity index (χ0v) is 10.9. The fraction of sp³-hybridized carbons (Fsp3) is 0.364. The van der Waals surface area contributed by atoms with Crippen LogP contribution in [0.1, 0.15) is 12.5 Å². The van der Waals surface area contributed by atoms with Gasteiger partial charge in [0.15, 0.2) is 0 Å². The maximum atomic E-state index is 10.3. The number of nitrogens with one attached hydrogen (secondary N) is 1. The lowest BCUT2D eigenvalue weighted by atomic mass is 10.00. The van der Waals surface area contributed by atoms with Crippen LogP contribution >= 0.6 is 11.6 Å². The monoisotopic (exact) mass is 267 g/mol. The molecule has 96 valence electrons. The molecule has 0 unspecified atom stereocenters. The van der Waals surface area contributed by atoms with Crippen LogP contribution in [0.2, 0.25) is 5.15 Å². The van der Waals surface area contributed by atoms with Crippen molar-refractivity contribution in [2.45, 2.75) is 12.5 Å². The second-order valence-electron chi connectivity index (χ2n) is 4.26. The van der Waals surface area contributed by atoms with E-state index in [-0.39, 0.29) is 6.54 Å². The summed E-state index contributed by atoms with van der Waals surface area (Å²) in [5.74, 6) is 0.520. The Morgan fingerprint density at radius 2 is 2.22 bits per heavy atom. The van der Waals surface area contributed by atoms with Crippen LogP contribution < -0.4 is 5.32 Å². The SMILES string of the molecule is Cn1cc([C@@](C)(O)CNc2cncc(Cl)n2)cn1. The summed E-state index contributed by atoms with van der Waals surface area (Å²) in [6, 6.07) is 0. The normalized spacial score (nSPS) is 14.2. The van der Waals surface area contributed by atoms with E-state index in [0.717, 1.165) is 5.56 Å². The molecule has 7 heteroatoms. The van der Waals surface area contributed by atoms with E-state index < -0.39 is 5.60 Å². The van der Waals surface area contributed by atoms with Gasteiger partial charge in [0.05, 0.1) is 18.6 Å². The van der Waals surface area contributed by atoms with E-state index in [1.54, 1.807) is 37.2 Å². The molecule has 2 rings (SSSR count). The largest absolute Gasteiger partial charge is 0.383 e. The molecule has 0 spiro atoms. The van der Waals surface area contributed by atoms with Crippen LogP contribution in [0.25, 0.3) is 0 Å². The summed E-state index contributed by atoms with van der Waals surface area (Å²) >= 11 is 5.73. The van der Waals surface area contributed by atoms with Gasteiger partial charge in [-0.15, -0.1) is 0 Å². The predicted molar refractivity (Wildman–Crippen MR) is 68.3 cm³/mol. The molecule has 2 aromatic rings. The molecule has 0 fully saturated rings. The summed E-state index contributed by atoms with van der Waals surface area (Å²) < 4.78 is 1.64. The van der Waals surface area contributed by atoms with Gasteiger partial charge in [-0.1, -0.05) is 11.6 Å². The van der Waals surface area contributed by atoms with Crippen molar-refractivity contribution in [1.82, 2.24) is 19.7 Å². The number of rotatable bonds is 4. The number of aliphatic hydroxyl groups is 1. The van der Waals surface area contributed by atoms with E-state index in [9.17, 15) is 5.11 Å². The van der Waals surface area contributed by atoms with Gasteiger partial charge in [-0.05, 0) is 6.92 Å². The van der Waals surface area contributed by atoms with Crippen LogP contribution in [-0.4, -0.2) is 31.4 Å². The molecule has 0 radical (unpaired) electrons. The van der Waals surface area contributed by atoms with Crippen LogP contribution in [0.3, 0.4) is 0 Å². The standard InChI is InChI=1S/C11H14ClN5O/c1-11(18,8-3-15-17(2)6-8)7-14-10-5-13-4-9(12)16-10/h3-6,18H,7H2,1-2H3,(H,14,16)/t11-/m0/s1. The third-order valence-electron chi connectivity index (χ3n) is 2.55. The van der Waals surface area contributed by atoms with E-state index in [0.29, 0.717) is 11.0 Å². The molecular weight excluding hydrogens is 254 g/mol. The lowest BCUT2D eigenvalue weighted by Crippen LogP contribution is -2.30. The van der Waals surface area contributed by atoms with Crippen molar-refractivity contribution in [3.8, 4) is 0 Å². The molecule has 0 saturated carbocycles. The highest BCUT2D eigenvalue weighted by Gasteiger charge is 2.24. The van der Waals surface area contributed by atoms with Crippen LogP contribution in [0, 0.1) is 0 Å². The molecule has 0 aliphatic heterocycles. The first-order valence-electron chi connectivity index (χ1n) is 5.40. The second-order valence-corrected chi connectivity index (χ2v) is 4.64. The van der Waals surface area contributed by atoms with Gasteiger partial charge in [0.2, 0.25) is 0 Å². The molecular formula is C11H14ClN5O. The molecule has 0 aliphatic carbocycles. The summed E-state index contributed by atoms with van der Waals surface area (Å²) in [4.78, 5) is 7.94. The van der Waals surface area contributed by atoms with E-state index >= 15 is 0 Å². The number of anilines is 1. The van der Waals surface area contributed by atoms with Gasteiger partial charge in [0.25, 0.3) is 0 Å². The Bertz CT molecular complexity index is 540. The highest BCUT2D eigenvalue weighted by atomic mass is 35.5. The second kappa shape index (κ2) is 4.91. The predicted octanol–water partition coefficient (Wildman–Crippen LogP) is 1.18. The quantitative estimate of drug-likeness (QED) is 0.870. The van der Waals surface area contributed by atoms with Crippen molar-refractivity contribution in [2.24, 2.45) is 7.05 Å². The van der Waals surface area contributed by atoms with Crippen LogP contribution in [0.5, 0.6) is 0 Å². The Balaban J connectivity index is 2.05. The minimum absolute atomic E-state index is 0.285. The summed E-state index contributed by atoms with van der Waals surface area (Å²) in [6.45, 7) is 1.99. The summed E-state index contributed by atoms with van der Waals surface area (Å²) in [5.41, 5.74) is -0.314. The third-order valence-corrected chi connectivity index (χ3v) is 2.73. The summed E-state index contributed by atoms with van der Waals surface area (Å²) in [5, 5.41) is 17.7. The number of halogens is 1. The number of aryl methyl sites for hydroxylation is 1. The zero-order chi connectivity index (χ0) is 13.2. The minimum Gasteiger partial charge on any atom is -0.383 e. The Kier molecular flexibility index (Phi) is 3.49. The zero-order valence-electron chi connectivity index (χ0n) is 10.1. The maximum absolute atomic E-state index is 10.3. The summed E-state index contributed by atoms with van der Waals surface area (Å²) in [6.07, 6.45) is 6.40. The Labute approximate surface area is 110 Å². The fourth-order valence-electron chi connectivity index (χ4n) is 1.49. The number of hydrogen-bond donors (Lipinski definition) is 2. The Morgan fingerprint density at radius 1 is 1.44 bits per heavy atom. The molecule has 0 saturated heterocycles. The number of aromatic nitrogens is 4. The first-order valence-corrected chi connectivity index (χ1v) is 5.78. The lowest BCUT2D eigenvalue weighted by molar-refractivity contribution is 0.0713.